The van der Waals surface area contributed by atoms with Crippen LogP contribution in [0.15, 0.2) is 54.6 Å². The molecule has 2 heteroatoms. The lowest BCUT2D eigenvalue weighted by atomic mass is 10.0. The van der Waals surface area contributed by atoms with Crippen LogP contribution in [0.2, 0.25) is 0 Å². The molecule has 0 amide bonds. The van der Waals surface area contributed by atoms with E-state index in [9.17, 15) is 5.11 Å². The second-order valence-corrected chi connectivity index (χ2v) is 3.68. The van der Waals surface area contributed by atoms with E-state index in [2.05, 4.69) is 17.4 Å². The van der Waals surface area contributed by atoms with Crippen molar-refractivity contribution in [2.45, 2.75) is 6.23 Å². The number of rotatable bonds is 3. The molecule has 0 aromatic heterocycles. The SMILES string of the molecule is CNC(O)c1ccc(-c2ccccc2)cc1. The molecule has 82 valence electrons. The molecule has 0 heterocycles. The van der Waals surface area contributed by atoms with Crippen LogP contribution in [0.25, 0.3) is 11.1 Å². The predicted molar refractivity (Wildman–Crippen MR) is 65.9 cm³/mol. The summed E-state index contributed by atoms with van der Waals surface area (Å²) in [6.07, 6.45) is -0.593. The minimum Gasteiger partial charge on any atom is -0.374 e. The summed E-state index contributed by atoms with van der Waals surface area (Å²) in [5.74, 6) is 0. The van der Waals surface area contributed by atoms with Gasteiger partial charge in [0.1, 0.15) is 6.23 Å². The van der Waals surface area contributed by atoms with Gasteiger partial charge in [-0.1, -0.05) is 54.6 Å². The van der Waals surface area contributed by atoms with Crippen molar-refractivity contribution in [1.29, 1.82) is 0 Å². The standard InChI is InChI=1S/C14H15NO/c1-15-14(16)13-9-7-12(8-10-13)11-5-3-2-4-6-11/h2-10,14-16H,1H3. The first-order valence-electron chi connectivity index (χ1n) is 5.32. The number of hydrogen-bond acceptors (Lipinski definition) is 2. The molecule has 1 unspecified atom stereocenters. The van der Waals surface area contributed by atoms with E-state index in [-0.39, 0.29) is 0 Å². The van der Waals surface area contributed by atoms with Gasteiger partial charge in [0.15, 0.2) is 0 Å². The van der Waals surface area contributed by atoms with Gasteiger partial charge in [0.2, 0.25) is 0 Å². The molecule has 0 bridgehead atoms. The highest BCUT2D eigenvalue weighted by molar-refractivity contribution is 5.63. The van der Waals surface area contributed by atoms with Crippen LogP contribution in [0.3, 0.4) is 0 Å². The quantitative estimate of drug-likeness (QED) is 0.768. The third-order valence-electron chi connectivity index (χ3n) is 2.61. The average Bonchev–Trinajstić information content (AvgIpc) is 2.39. The number of hydrogen-bond donors (Lipinski definition) is 2. The Morgan fingerprint density at radius 1 is 0.875 bits per heavy atom. The predicted octanol–water partition coefficient (Wildman–Crippen LogP) is 2.56. The highest BCUT2D eigenvalue weighted by atomic mass is 16.3. The minimum absolute atomic E-state index is 0.593. The fourth-order valence-electron chi connectivity index (χ4n) is 1.66. The van der Waals surface area contributed by atoms with Crippen molar-refractivity contribution in [2.24, 2.45) is 0 Å². The second kappa shape index (κ2) is 4.92. The molecule has 0 fully saturated rings. The Balaban J connectivity index is 2.26. The van der Waals surface area contributed by atoms with Crippen LogP contribution in [0, 0.1) is 0 Å². The summed E-state index contributed by atoms with van der Waals surface area (Å²) in [6.45, 7) is 0. The largest absolute Gasteiger partial charge is 0.374 e. The molecule has 2 nitrogen and oxygen atoms in total. The Bertz CT molecular complexity index is 436. The van der Waals surface area contributed by atoms with Crippen molar-refractivity contribution in [1.82, 2.24) is 5.32 Å². The first kappa shape index (κ1) is 10.9. The molecule has 2 N–H and O–H groups in total. The summed E-state index contributed by atoms with van der Waals surface area (Å²) < 4.78 is 0. The zero-order valence-electron chi connectivity index (χ0n) is 9.22. The first-order chi connectivity index (χ1) is 7.81. The van der Waals surface area contributed by atoms with Gasteiger partial charge in [-0.05, 0) is 23.7 Å². The van der Waals surface area contributed by atoms with Gasteiger partial charge >= 0.3 is 0 Å². The summed E-state index contributed by atoms with van der Waals surface area (Å²) in [6, 6.07) is 18.1. The van der Waals surface area contributed by atoms with Gasteiger partial charge in [-0.2, -0.15) is 0 Å². The van der Waals surface area contributed by atoms with Crippen molar-refractivity contribution in [3.8, 4) is 11.1 Å². The zero-order valence-corrected chi connectivity index (χ0v) is 9.22. The highest BCUT2D eigenvalue weighted by Gasteiger charge is 2.03. The number of nitrogens with one attached hydrogen (secondary N) is 1. The zero-order chi connectivity index (χ0) is 11.4. The topological polar surface area (TPSA) is 32.3 Å². The molecule has 0 radical (unpaired) electrons. The summed E-state index contributed by atoms with van der Waals surface area (Å²) in [5.41, 5.74) is 3.22. The van der Waals surface area contributed by atoms with Gasteiger partial charge in [0, 0.05) is 0 Å². The van der Waals surface area contributed by atoms with Gasteiger partial charge in [-0.25, -0.2) is 0 Å². The molecule has 16 heavy (non-hydrogen) atoms. The maximum Gasteiger partial charge on any atom is 0.130 e. The molecule has 0 saturated carbocycles. The molecule has 0 aliphatic carbocycles. The maximum absolute atomic E-state index is 9.58. The molecular weight excluding hydrogens is 198 g/mol. The van der Waals surface area contributed by atoms with Crippen LogP contribution in [0.1, 0.15) is 11.8 Å². The Morgan fingerprint density at radius 2 is 1.44 bits per heavy atom. The molecule has 2 rings (SSSR count). The first-order valence-corrected chi connectivity index (χ1v) is 5.32. The van der Waals surface area contributed by atoms with Gasteiger partial charge in [0.05, 0.1) is 0 Å². The molecule has 0 saturated heterocycles. The third kappa shape index (κ3) is 2.30. The molecular formula is C14H15NO. The lowest BCUT2D eigenvalue weighted by molar-refractivity contribution is 0.149. The van der Waals surface area contributed by atoms with Crippen molar-refractivity contribution < 1.29 is 5.11 Å². The Labute approximate surface area is 95.6 Å². The van der Waals surface area contributed by atoms with Crippen molar-refractivity contribution >= 4 is 0 Å². The van der Waals surface area contributed by atoms with Crippen LogP contribution in [-0.4, -0.2) is 12.2 Å². The Hall–Kier alpha value is -1.64. The monoisotopic (exact) mass is 213 g/mol. The lowest BCUT2D eigenvalue weighted by Gasteiger charge is -2.10. The second-order valence-electron chi connectivity index (χ2n) is 3.68. The van der Waals surface area contributed by atoms with Gasteiger partial charge in [-0.15, -0.1) is 0 Å². The van der Waals surface area contributed by atoms with E-state index in [1.165, 1.54) is 5.56 Å². The van der Waals surface area contributed by atoms with Crippen LogP contribution in [-0.2, 0) is 0 Å². The van der Waals surface area contributed by atoms with Crippen LogP contribution in [0.4, 0.5) is 0 Å². The smallest absolute Gasteiger partial charge is 0.130 e. The minimum atomic E-state index is -0.593. The fourth-order valence-corrected chi connectivity index (χ4v) is 1.66. The normalized spacial score (nSPS) is 12.4. The molecule has 2 aromatic rings. The van der Waals surface area contributed by atoms with E-state index in [1.807, 2.05) is 42.5 Å². The van der Waals surface area contributed by atoms with E-state index in [0.717, 1.165) is 11.1 Å². The summed E-state index contributed by atoms with van der Waals surface area (Å²) in [4.78, 5) is 0. The van der Waals surface area contributed by atoms with Crippen LogP contribution < -0.4 is 5.32 Å². The molecule has 0 spiro atoms. The van der Waals surface area contributed by atoms with Crippen molar-refractivity contribution in [3.63, 3.8) is 0 Å². The maximum atomic E-state index is 9.58. The highest BCUT2D eigenvalue weighted by Crippen LogP contribution is 2.20. The third-order valence-corrected chi connectivity index (χ3v) is 2.61. The van der Waals surface area contributed by atoms with Crippen LogP contribution >= 0.6 is 0 Å². The van der Waals surface area contributed by atoms with E-state index in [4.69, 9.17) is 0 Å². The van der Waals surface area contributed by atoms with E-state index >= 15 is 0 Å². The van der Waals surface area contributed by atoms with E-state index in [1.54, 1.807) is 7.05 Å². The average molecular weight is 213 g/mol. The number of aliphatic hydroxyl groups excluding tert-OH is 1. The molecule has 0 aliphatic heterocycles. The van der Waals surface area contributed by atoms with Crippen molar-refractivity contribution in [3.05, 3.63) is 60.2 Å². The summed E-state index contributed by atoms with van der Waals surface area (Å²) in [5, 5.41) is 12.4. The Morgan fingerprint density at radius 3 is 2.00 bits per heavy atom. The molecule has 0 aliphatic rings. The van der Waals surface area contributed by atoms with Crippen molar-refractivity contribution in [2.75, 3.05) is 7.05 Å². The molecule has 2 aromatic carbocycles. The van der Waals surface area contributed by atoms with Gasteiger partial charge < -0.3 is 5.11 Å². The fraction of sp³-hybridized carbons (Fsp3) is 0.143. The van der Waals surface area contributed by atoms with E-state index in [0.29, 0.717) is 0 Å². The molecule has 1 atom stereocenters. The van der Waals surface area contributed by atoms with E-state index < -0.39 is 6.23 Å². The summed E-state index contributed by atoms with van der Waals surface area (Å²) in [7, 11) is 1.73. The number of aliphatic hydroxyl groups is 1. The lowest BCUT2D eigenvalue weighted by Crippen LogP contribution is -2.14. The van der Waals surface area contributed by atoms with Gasteiger partial charge in [0.25, 0.3) is 0 Å². The van der Waals surface area contributed by atoms with Gasteiger partial charge in [-0.3, -0.25) is 5.32 Å². The van der Waals surface area contributed by atoms with Crippen LogP contribution in [0.5, 0.6) is 0 Å². The summed E-state index contributed by atoms with van der Waals surface area (Å²) >= 11 is 0. The number of benzene rings is 2. The Kier molecular flexibility index (Phi) is 3.34.